The largest absolute Gasteiger partial charge is 0.495 e. The Balaban J connectivity index is 2.41. The first-order chi connectivity index (χ1) is 10.4. The molecule has 0 saturated heterocycles. The molecule has 1 amide bonds. The van der Waals surface area contributed by atoms with Crippen LogP contribution in [0.4, 0.5) is 0 Å². The Morgan fingerprint density at radius 3 is 2.45 bits per heavy atom. The molecule has 2 rings (SSSR count). The molecule has 5 heteroatoms. The van der Waals surface area contributed by atoms with Crippen LogP contribution >= 0.6 is 0 Å². The molecule has 1 unspecified atom stereocenters. The summed E-state index contributed by atoms with van der Waals surface area (Å²) in [4.78, 5) is 12.2. The van der Waals surface area contributed by atoms with Crippen LogP contribution in [-0.4, -0.2) is 35.3 Å². The van der Waals surface area contributed by atoms with Gasteiger partial charge in [0.15, 0.2) is 0 Å². The van der Waals surface area contributed by atoms with Crippen LogP contribution in [0, 0.1) is 13.8 Å². The first-order valence-electron chi connectivity index (χ1n) is 7.23. The zero-order valence-electron chi connectivity index (χ0n) is 13.4. The number of aliphatic hydroxyl groups is 1. The van der Waals surface area contributed by atoms with Gasteiger partial charge in [-0.2, -0.15) is 0 Å². The molecule has 2 N–H and O–H groups in total. The third-order valence-electron chi connectivity index (χ3n) is 3.51. The van der Waals surface area contributed by atoms with Gasteiger partial charge in [0, 0.05) is 23.5 Å². The summed E-state index contributed by atoms with van der Waals surface area (Å²) in [5.74, 6) is 0.488. The molecular formula is C17H22N2O3. The summed E-state index contributed by atoms with van der Waals surface area (Å²) in [6, 6.07) is 9.35. The Labute approximate surface area is 130 Å². The smallest absolute Gasteiger partial charge is 0.251 e. The molecule has 1 aromatic carbocycles. The van der Waals surface area contributed by atoms with Gasteiger partial charge < -0.3 is 19.7 Å². The van der Waals surface area contributed by atoms with Gasteiger partial charge in [-0.1, -0.05) is 0 Å². The Kier molecular flexibility index (Phi) is 4.88. The number of aromatic nitrogens is 1. The lowest BCUT2D eigenvalue weighted by molar-refractivity contribution is 0.0924. The van der Waals surface area contributed by atoms with Crippen molar-refractivity contribution in [1.82, 2.24) is 9.88 Å². The van der Waals surface area contributed by atoms with E-state index in [2.05, 4.69) is 5.32 Å². The lowest BCUT2D eigenvalue weighted by atomic mass is 10.1. The van der Waals surface area contributed by atoms with Crippen LogP contribution in [0.5, 0.6) is 5.75 Å². The maximum absolute atomic E-state index is 12.2. The van der Waals surface area contributed by atoms with E-state index < -0.39 is 6.10 Å². The fourth-order valence-corrected chi connectivity index (χ4v) is 2.40. The second-order valence-electron chi connectivity index (χ2n) is 5.40. The van der Waals surface area contributed by atoms with Gasteiger partial charge in [0.1, 0.15) is 5.75 Å². The van der Waals surface area contributed by atoms with Crippen molar-refractivity contribution in [3.63, 3.8) is 0 Å². The number of methoxy groups -OCH3 is 1. The quantitative estimate of drug-likeness (QED) is 0.890. The highest BCUT2D eigenvalue weighted by Gasteiger charge is 2.14. The van der Waals surface area contributed by atoms with Gasteiger partial charge in [0.2, 0.25) is 0 Å². The van der Waals surface area contributed by atoms with E-state index in [1.54, 1.807) is 32.2 Å². The second-order valence-corrected chi connectivity index (χ2v) is 5.40. The van der Waals surface area contributed by atoms with Crippen molar-refractivity contribution < 1.29 is 14.6 Å². The van der Waals surface area contributed by atoms with Gasteiger partial charge in [0.05, 0.1) is 18.9 Å². The van der Waals surface area contributed by atoms with E-state index in [1.165, 1.54) is 0 Å². The molecule has 5 nitrogen and oxygen atoms in total. The Hall–Kier alpha value is -2.27. The third-order valence-corrected chi connectivity index (χ3v) is 3.51. The molecule has 0 spiro atoms. The normalized spacial score (nSPS) is 12.0. The van der Waals surface area contributed by atoms with Crippen LogP contribution in [0.25, 0.3) is 5.69 Å². The average Bonchev–Trinajstić information content (AvgIpc) is 2.83. The predicted molar refractivity (Wildman–Crippen MR) is 85.8 cm³/mol. The van der Waals surface area contributed by atoms with E-state index in [0.717, 1.165) is 17.1 Å². The number of nitrogens with zero attached hydrogens (tertiary/aromatic N) is 1. The van der Waals surface area contributed by atoms with Crippen LogP contribution in [0.1, 0.15) is 28.7 Å². The molecule has 1 aromatic heterocycles. The summed E-state index contributed by atoms with van der Waals surface area (Å²) in [6.07, 6.45) is -0.574. The summed E-state index contributed by atoms with van der Waals surface area (Å²) < 4.78 is 7.47. The van der Waals surface area contributed by atoms with Gasteiger partial charge in [-0.3, -0.25) is 4.79 Å². The van der Waals surface area contributed by atoms with Gasteiger partial charge in [-0.15, -0.1) is 0 Å². The van der Waals surface area contributed by atoms with Crippen LogP contribution in [0.15, 0.2) is 30.3 Å². The highest BCUT2D eigenvalue weighted by Crippen LogP contribution is 2.27. The number of aryl methyl sites for hydroxylation is 2. The number of hydrogen-bond donors (Lipinski definition) is 2. The van der Waals surface area contributed by atoms with Crippen molar-refractivity contribution in [2.24, 2.45) is 0 Å². The maximum Gasteiger partial charge on any atom is 0.251 e. The van der Waals surface area contributed by atoms with Crippen molar-refractivity contribution in [2.45, 2.75) is 26.9 Å². The summed E-state index contributed by atoms with van der Waals surface area (Å²) >= 11 is 0. The molecule has 0 fully saturated rings. The van der Waals surface area contributed by atoms with E-state index in [4.69, 9.17) is 4.74 Å². The zero-order valence-corrected chi connectivity index (χ0v) is 13.4. The fourth-order valence-electron chi connectivity index (χ4n) is 2.40. The van der Waals surface area contributed by atoms with Crippen molar-refractivity contribution >= 4 is 5.91 Å². The number of carbonyl (C=O) groups is 1. The molecule has 1 heterocycles. The van der Waals surface area contributed by atoms with E-state index in [0.29, 0.717) is 11.3 Å². The van der Waals surface area contributed by atoms with Crippen molar-refractivity contribution in [2.75, 3.05) is 13.7 Å². The number of hydrogen-bond acceptors (Lipinski definition) is 3. The summed E-state index contributed by atoms with van der Waals surface area (Å²) in [5, 5.41) is 12.0. The SMILES string of the molecule is COc1ccc(C(=O)NCC(C)O)cc1-n1c(C)ccc1C. The first-order valence-corrected chi connectivity index (χ1v) is 7.23. The van der Waals surface area contributed by atoms with Gasteiger partial charge in [-0.25, -0.2) is 0 Å². The highest BCUT2D eigenvalue weighted by atomic mass is 16.5. The molecule has 0 bridgehead atoms. The van der Waals surface area contributed by atoms with Crippen molar-refractivity contribution in [3.05, 3.63) is 47.3 Å². The molecule has 0 aliphatic heterocycles. The second kappa shape index (κ2) is 6.66. The molecule has 118 valence electrons. The van der Waals surface area contributed by atoms with E-state index in [-0.39, 0.29) is 12.5 Å². The summed E-state index contributed by atoms with van der Waals surface area (Å²) in [7, 11) is 1.61. The zero-order chi connectivity index (χ0) is 16.3. The van der Waals surface area contributed by atoms with Gasteiger partial charge in [-0.05, 0) is 51.1 Å². The fraction of sp³-hybridized carbons (Fsp3) is 0.353. The Morgan fingerprint density at radius 1 is 1.27 bits per heavy atom. The lowest BCUT2D eigenvalue weighted by Gasteiger charge is -2.15. The minimum absolute atomic E-state index is 0.215. The summed E-state index contributed by atoms with van der Waals surface area (Å²) in [6.45, 7) is 5.87. The van der Waals surface area contributed by atoms with Crippen molar-refractivity contribution in [3.8, 4) is 11.4 Å². The minimum Gasteiger partial charge on any atom is -0.495 e. The molecule has 1 atom stereocenters. The molecule has 0 saturated carbocycles. The molecule has 0 aliphatic rings. The number of amides is 1. The Bertz CT molecular complexity index is 655. The average molecular weight is 302 g/mol. The van der Waals surface area contributed by atoms with Crippen LogP contribution < -0.4 is 10.1 Å². The first kappa shape index (κ1) is 16.1. The van der Waals surface area contributed by atoms with Crippen molar-refractivity contribution in [1.29, 1.82) is 0 Å². The predicted octanol–water partition coefficient (Wildman–Crippen LogP) is 2.21. The lowest BCUT2D eigenvalue weighted by Crippen LogP contribution is -2.30. The molecule has 0 aliphatic carbocycles. The topological polar surface area (TPSA) is 63.5 Å². The molecule has 22 heavy (non-hydrogen) atoms. The standard InChI is InChI=1S/C17H22N2O3/c1-11-5-6-12(2)19(11)15-9-14(7-8-16(15)22-4)17(21)18-10-13(3)20/h5-9,13,20H,10H2,1-4H3,(H,18,21). The number of benzene rings is 1. The van der Waals surface area contributed by atoms with Gasteiger partial charge in [0.25, 0.3) is 5.91 Å². The van der Waals surface area contributed by atoms with Crippen LogP contribution in [-0.2, 0) is 0 Å². The van der Waals surface area contributed by atoms with Crippen LogP contribution in [0.3, 0.4) is 0 Å². The number of rotatable bonds is 5. The van der Waals surface area contributed by atoms with E-state index in [1.807, 2.05) is 30.5 Å². The number of aliphatic hydroxyl groups excluding tert-OH is 1. The summed E-state index contributed by atoms with van der Waals surface area (Å²) in [5.41, 5.74) is 3.49. The monoisotopic (exact) mass is 302 g/mol. The van der Waals surface area contributed by atoms with E-state index >= 15 is 0 Å². The van der Waals surface area contributed by atoms with Crippen LogP contribution in [0.2, 0.25) is 0 Å². The molecule has 0 radical (unpaired) electrons. The number of nitrogens with one attached hydrogen (secondary N) is 1. The van der Waals surface area contributed by atoms with Gasteiger partial charge >= 0.3 is 0 Å². The third kappa shape index (κ3) is 3.31. The minimum atomic E-state index is -0.574. The molecular weight excluding hydrogens is 280 g/mol. The van der Waals surface area contributed by atoms with E-state index in [9.17, 15) is 9.90 Å². The number of ether oxygens (including phenoxy) is 1. The Morgan fingerprint density at radius 2 is 1.91 bits per heavy atom. The number of carbonyl (C=O) groups excluding carboxylic acids is 1. The maximum atomic E-state index is 12.2. The molecule has 2 aromatic rings. The highest BCUT2D eigenvalue weighted by molar-refractivity contribution is 5.95.